The Morgan fingerprint density at radius 3 is 2.56 bits per heavy atom. The maximum Gasteiger partial charge on any atom is 0.332 e. The molecule has 1 aliphatic carbocycles. The molecule has 144 valence electrons. The molecule has 0 radical (unpaired) electrons. The Balaban J connectivity index is 1.69. The Kier molecular flexibility index (Phi) is 4.43. The van der Waals surface area contributed by atoms with E-state index in [9.17, 15) is 9.59 Å². The summed E-state index contributed by atoms with van der Waals surface area (Å²) in [6.07, 6.45) is 2.35. The minimum absolute atomic E-state index is 0.0614. The van der Waals surface area contributed by atoms with Gasteiger partial charge in [0.2, 0.25) is 0 Å². The highest BCUT2D eigenvalue weighted by Crippen LogP contribution is 2.42. The molecule has 1 saturated heterocycles. The monoisotopic (exact) mass is 387 g/mol. The quantitative estimate of drug-likeness (QED) is 0.630. The lowest BCUT2D eigenvalue weighted by atomic mass is 10.1. The molecule has 2 aromatic heterocycles. The molecule has 1 aliphatic heterocycles. The Morgan fingerprint density at radius 2 is 1.96 bits per heavy atom. The number of nitrogens with one attached hydrogen (secondary N) is 1. The van der Waals surface area contributed by atoms with Gasteiger partial charge in [0, 0.05) is 11.8 Å². The van der Waals surface area contributed by atoms with Gasteiger partial charge in [-0.1, -0.05) is 11.9 Å². The summed E-state index contributed by atoms with van der Waals surface area (Å²) in [7, 11) is 1.52. The van der Waals surface area contributed by atoms with Gasteiger partial charge >= 0.3 is 6.03 Å². The van der Waals surface area contributed by atoms with E-state index in [4.69, 9.17) is 5.10 Å². The first kappa shape index (κ1) is 18.3. The van der Waals surface area contributed by atoms with Crippen LogP contribution in [0.2, 0.25) is 0 Å². The van der Waals surface area contributed by atoms with Crippen LogP contribution in [0, 0.1) is 0 Å². The lowest BCUT2D eigenvalue weighted by Crippen LogP contribution is -2.31. The van der Waals surface area contributed by atoms with Gasteiger partial charge in [-0.05, 0) is 63.3 Å². The molecule has 0 aromatic carbocycles. The molecule has 0 atom stereocenters. The predicted molar refractivity (Wildman–Crippen MR) is 107 cm³/mol. The number of nitrogens with zero attached hydrogens (tertiary/aromatic N) is 4. The molecule has 2 aromatic rings. The number of pyridine rings is 1. The van der Waals surface area contributed by atoms with Crippen LogP contribution >= 0.6 is 11.9 Å². The molecule has 3 heterocycles. The Bertz CT molecular complexity index is 913. The Hall–Kier alpha value is -2.06. The second-order valence-corrected chi connectivity index (χ2v) is 9.97. The summed E-state index contributed by atoms with van der Waals surface area (Å²) < 4.78 is 5.27. The van der Waals surface area contributed by atoms with Crippen molar-refractivity contribution in [3.8, 4) is 0 Å². The number of amides is 3. The van der Waals surface area contributed by atoms with E-state index >= 15 is 0 Å². The van der Waals surface area contributed by atoms with Crippen molar-refractivity contribution >= 4 is 35.2 Å². The summed E-state index contributed by atoms with van der Waals surface area (Å²) in [4.78, 5) is 27.2. The molecule has 3 amide bonds. The van der Waals surface area contributed by atoms with Gasteiger partial charge in [-0.25, -0.2) is 9.31 Å². The molecular weight excluding hydrogens is 362 g/mol. The smallest absolute Gasteiger partial charge is 0.272 e. The highest BCUT2D eigenvalue weighted by Gasteiger charge is 2.36. The molecule has 1 N–H and O–H groups in total. The molecule has 0 spiro atoms. The van der Waals surface area contributed by atoms with Crippen molar-refractivity contribution in [1.82, 2.24) is 19.2 Å². The van der Waals surface area contributed by atoms with E-state index in [-0.39, 0.29) is 23.2 Å². The summed E-state index contributed by atoms with van der Waals surface area (Å²) >= 11 is 1.67. The van der Waals surface area contributed by atoms with E-state index in [0.29, 0.717) is 18.3 Å². The van der Waals surface area contributed by atoms with Crippen molar-refractivity contribution in [2.45, 2.75) is 50.8 Å². The molecular formula is C19H25N5O2S. The van der Waals surface area contributed by atoms with Crippen molar-refractivity contribution in [2.75, 3.05) is 18.5 Å². The Labute approximate surface area is 163 Å². The second-order valence-electron chi connectivity index (χ2n) is 8.25. The van der Waals surface area contributed by atoms with Gasteiger partial charge in [-0.2, -0.15) is 5.10 Å². The molecule has 2 aliphatic rings. The van der Waals surface area contributed by atoms with Crippen LogP contribution in [0.15, 0.2) is 18.2 Å². The third kappa shape index (κ3) is 3.68. The third-order valence-corrected chi connectivity index (χ3v) is 5.66. The maximum atomic E-state index is 12.5. The average Bonchev–Trinajstić information content (AvgIpc) is 3.31. The number of carbonyl (C=O) groups excluding carboxylic acids is 2. The topological polar surface area (TPSA) is 70.0 Å². The molecule has 8 heteroatoms. The van der Waals surface area contributed by atoms with Crippen LogP contribution < -0.4 is 9.62 Å². The largest absolute Gasteiger partial charge is 0.332 e. The van der Waals surface area contributed by atoms with Gasteiger partial charge < -0.3 is 0 Å². The predicted octanol–water partition coefficient (Wildman–Crippen LogP) is 3.15. The van der Waals surface area contributed by atoms with Crippen molar-refractivity contribution in [2.24, 2.45) is 0 Å². The van der Waals surface area contributed by atoms with Gasteiger partial charge in [0.1, 0.15) is 12.4 Å². The first-order valence-corrected chi connectivity index (χ1v) is 10.1. The molecule has 1 saturated carbocycles. The van der Waals surface area contributed by atoms with Crippen molar-refractivity contribution < 1.29 is 9.59 Å². The van der Waals surface area contributed by atoms with Crippen LogP contribution in [0.5, 0.6) is 0 Å². The zero-order valence-corrected chi connectivity index (χ0v) is 17.0. The molecule has 7 nitrogen and oxygen atoms in total. The highest BCUT2D eigenvalue weighted by atomic mass is 32.2. The standard InChI is InChI=1S/C19H25N5O2S/c1-19(2,3)27-20-10-14-9-15-7-13(12-5-6-12)8-16(24(15)21-14)23-11-17(25)22(4)18(23)26/h7-9,12,20H,5-6,10-11H2,1-4H3. The second kappa shape index (κ2) is 6.53. The van der Waals surface area contributed by atoms with E-state index in [1.165, 1.54) is 35.3 Å². The van der Waals surface area contributed by atoms with Crippen molar-refractivity contribution in [3.05, 3.63) is 29.5 Å². The first-order valence-electron chi connectivity index (χ1n) is 9.24. The molecule has 0 unspecified atom stereocenters. The SMILES string of the molecule is CN1C(=O)CN(c2cc(C3CC3)cc3cc(CNSC(C)(C)C)nn23)C1=O. The van der Waals surface area contributed by atoms with Crippen LogP contribution in [0.4, 0.5) is 10.6 Å². The van der Waals surface area contributed by atoms with Gasteiger partial charge in [-0.15, -0.1) is 0 Å². The van der Waals surface area contributed by atoms with Gasteiger partial charge in [-0.3, -0.25) is 19.3 Å². The van der Waals surface area contributed by atoms with Crippen LogP contribution in [-0.2, 0) is 11.3 Å². The summed E-state index contributed by atoms with van der Waals surface area (Å²) in [5.41, 5.74) is 3.09. The molecule has 27 heavy (non-hydrogen) atoms. The molecule has 0 bridgehead atoms. The van der Waals surface area contributed by atoms with E-state index in [0.717, 1.165) is 11.2 Å². The number of fused-ring (bicyclic) bond motifs is 1. The minimum Gasteiger partial charge on any atom is -0.272 e. The minimum atomic E-state index is -0.298. The molecule has 4 rings (SSSR count). The number of rotatable bonds is 5. The van der Waals surface area contributed by atoms with Gasteiger partial charge in [0.15, 0.2) is 0 Å². The zero-order valence-electron chi connectivity index (χ0n) is 16.2. The van der Waals surface area contributed by atoms with Crippen LogP contribution in [0.1, 0.15) is 50.8 Å². The number of imide groups is 1. The normalized spacial score (nSPS) is 18.2. The average molecular weight is 388 g/mol. The van der Waals surface area contributed by atoms with Gasteiger partial charge in [0.25, 0.3) is 5.91 Å². The summed E-state index contributed by atoms with van der Waals surface area (Å²) in [5, 5.41) is 4.70. The van der Waals surface area contributed by atoms with E-state index in [2.05, 4.69) is 37.6 Å². The fourth-order valence-electron chi connectivity index (χ4n) is 3.19. The van der Waals surface area contributed by atoms with E-state index in [1.54, 1.807) is 16.5 Å². The van der Waals surface area contributed by atoms with Crippen molar-refractivity contribution in [3.63, 3.8) is 0 Å². The van der Waals surface area contributed by atoms with Gasteiger partial charge in [0.05, 0.1) is 17.8 Å². The lowest BCUT2D eigenvalue weighted by Gasteiger charge is -2.17. The molecule has 2 fully saturated rings. The maximum absolute atomic E-state index is 12.5. The fourth-order valence-corrected chi connectivity index (χ4v) is 3.84. The van der Waals surface area contributed by atoms with Crippen LogP contribution in [0.25, 0.3) is 5.52 Å². The number of hydrogen-bond acceptors (Lipinski definition) is 5. The van der Waals surface area contributed by atoms with Crippen LogP contribution in [0.3, 0.4) is 0 Å². The number of carbonyl (C=O) groups is 2. The van der Waals surface area contributed by atoms with Crippen molar-refractivity contribution in [1.29, 1.82) is 0 Å². The number of hydrogen-bond donors (Lipinski definition) is 1. The fraction of sp³-hybridized carbons (Fsp3) is 0.526. The zero-order chi connectivity index (χ0) is 19.3. The summed E-state index contributed by atoms with van der Waals surface area (Å²) in [6.45, 7) is 7.16. The lowest BCUT2D eigenvalue weighted by molar-refractivity contribution is -0.123. The third-order valence-electron chi connectivity index (χ3n) is 4.76. The van der Waals surface area contributed by atoms with Crippen LogP contribution in [-0.4, -0.2) is 44.8 Å². The first-order chi connectivity index (χ1) is 12.7. The van der Waals surface area contributed by atoms with E-state index < -0.39 is 0 Å². The number of anilines is 1. The summed E-state index contributed by atoms with van der Waals surface area (Å²) in [5.74, 6) is 1.03. The number of likely N-dealkylation sites (N-methyl/N-ethyl adjacent to an activating group) is 1. The highest BCUT2D eigenvalue weighted by molar-refractivity contribution is 7.98. The summed E-state index contributed by atoms with van der Waals surface area (Å²) in [6, 6.07) is 5.93. The number of aromatic nitrogens is 2. The van der Waals surface area contributed by atoms with E-state index in [1.807, 2.05) is 6.07 Å². The number of urea groups is 1. The Morgan fingerprint density at radius 1 is 1.22 bits per heavy atom.